The summed E-state index contributed by atoms with van der Waals surface area (Å²) < 4.78 is 0. The number of nitrogens with two attached hydrogens (primary N) is 1. The molecule has 2 N–H and O–H groups in total. The Hall–Kier alpha value is -0.300. The molecule has 8 heavy (non-hydrogen) atoms. The van der Waals surface area contributed by atoms with Crippen LogP contribution >= 0.6 is 0 Å². The molecule has 0 radical (unpaired) electrons. The van der Waals surface area contributed by atoms with E-state index in [9.17, 15) is 0 Å². The highest BCUT2D eigenvalue weighted by Crippen LogP contribution is 2.00. The maximum Gasteiger partial charge on any atom is 0.0136 e. The molecule has 0 rings (SSSR count). The molecule has 1 heteroatoms. The van der Waals surface area contributed by atoms with Crippen LogP contribution in [-0.4, -0.2) is 6.54 Å². The summed E-state index contributed by atoms with van der Waals surface area (Å²) in [5, 5.41) is 0. The standard InChI is InChI=1S/C7H15N/c1-3-5-7(4-2)6-8/h4H,3,5-6,8H2,1-2H3/b7-4+. The second-order valence-electron chi connectivity index (χ2n) is 1.90. The Morgan fingerprint density at radius 3 is 2.38 bits per heavy atom. The van der Waals surface area contributed by atoms with Gasteiger partial charge in [-0.15, -0.1) is 0 Å². The van der Waals surface area contributed by atoms with E-state index in [2.05, 4.69) is 13.0 Å². The van der Waals surface area contributed by atoms with E-state index in [0.717, 1.165) is 13.0 Å². The normalized spacial score (nSPS) is 12.1. The van der Waals surface area contributed by atoms with E-state index in [-0.39, 0.29) is 0 Å². The van der Waals surface area contributed by atoms with Crippen molar-refractivity contribution < 1.29 is 0 Å². The molecule has 0 heterocycles. The second kappa shape index (κ2) is 4.85. The maximum absolute atomic E-state index is 5.40. The molecule has 0 aromatic carbocycles. The highest BCUT2D eigenvalue weighted by molar-refractivity contribution is 5.00. The molecule has 0 spiro atoms. The van der Waals surface area contributed by atoms with Crippen LogP contribution in [0.5, 0.6) is 0 Å². The monoisotopic (exact) mass is 113 g/mol. The van der Waals surface area contributed by atoms with Crippen LogP contribution in [0.2, 0.25) is 0 Å². The molecule has 0 aliphatic carbocycles. The Labute approximate surface area is 51.6 Å². The Morgan fingerprint density at radius 2 is 2.25 bits per heavy atom. The molecule has 0 unspecified atom stereocenters. The first-order valence-corrected chi connectivity index (χ1v) is 3.19. The number of hydrogen-bond acceptors (Lipinski definition) is 1. The molecular weight excluding hydrogens is 98.1 g/mol. The fourth-order valence-electron chi connectivity index (χ4n) is 0.685. The van der Waals surface area contributed by atoms with Crippen LogP contribution in [0.15, 0.2) is 11.6 Å². The summed E-state index contributed by atoms with van der Waals surface area (Å²) in [6.45, 7) is 4.93. The minimum absolute atomic E-state index is 0.727. The summed E-state index contributed by atoms with van der Waals surface area (Å²) in [5.74, 6) is 0. The van der Waals surface area contributed by atoms with Crippen LogP contribution in [0.4, 0.5) is 0 Å². The van der Waals surface area contributed by atoms with Crippen molar-refractivity contribution in [2.24, 2.45) is 5.73 Å². The lowest BCUT2D eigenvalue weighted by molar-refractivity contribution is 0.872. The van der Waals surface area contributed by atoms with Gasteiger partial charge in [-0.1, -0.05) is 25.0 Å². The van der Waals surface area contributed by atoms with E-state index in [0.29, 0.717) is 0 Å². The van der Waals surface area contributed by atoms with Gasteiger partial charge in [-0.2, -0.15) is 0 Å². The SMILES string of the molecule is C/C=C(/CN)CCC. The molecule has 0 aliphatic heterocycles. The Kier molecular flexibility index (Phi) is 4.67. The average Bonchev–Trinajstić information content (AvgIpc) is 1.83. The van der Waals surface area contributed by atoms with E-state index >= 15 is 0 Å². The molecule has 0 bridgehead atoms. The van der Waals surface area contributed by atoms with Crippen LogP contribution in [0.1, 0.15) is 26.7 Å². The van der Waals surface area contributed by atoms with E-state index in [4.69, 9.17) is 5.73 Å². The first-order valence-electron chi connectivity index (χ1n) is 3.19. The lowest BCUT2D eigenvalue weighted by Crippen LogP contribution is -2.01. The summed E-state index contributed by atoms with van der Waals surface area (Å²) in [6, 6.07) is 0. The van der Waals surface area contributed by atoms with Crippen molar-refractivity contribution in [1.82, 2.24) is 0 Å². The number of rotatable bonds is 3. The summed E-state index contributed by atoms with van der Waals surface area (Å²) in [7, 11) is 0. The van der Waals surface area contributed by atoms with Crippen molar-refractivity contribution in [3.8, 4) is 0 Å². The molecular formula is C7H15N. The van der Waals surface area contributed by atoms with Crippen molar-refractivity contribution in [2.75, 3.05) is 6.54 Å². The number of hydrogen-bond donors (Lipinski definition) is 1. The van der Waals surface area contributed by atoms with E-state index in [1.54, 1.807) is 0 Å². The van der Waals surface area contributed by atoms with Crippen molar-refractivity contribution in [1.29, 1.82) is 0 Å². The molecule has 0 aromatic rings. The van der Waals surface area contributed by atoms with Crippen molar-refractivity contribution in [3.05, 3.63) is 11.6 Å². The van der Waals surface area contributed by atoms with Gasteiger partial charge in [-0.3, -0.25) is 0 Å². The van der Waals surface area contributed by atoms with E-state index in [1.165, 1.54) is 12.0 Å². The summed E-state index contributed by atoms with van der Waals surface area (Å²) in [6.07, 6.45) is 4.47. The predicted octanol–water partition coefficient (Wildman–Crippen LogP) is 1.69. The predicted molar refractivity (Wildman–Crippen MR) is 37.7 cm³/mol. The lowest BCUT2D eigenvalue weighted by atomic mass is 10.1. The van der Waals surface area contributed by atoms with Gasteiger partial charge in [0.15, 0.2) is 0 Å². The van der Waals surface area contributed by atoms with Crippen molar-refractivity contribution in [2.45, 2.75) is 26.7 Å². The first kappa shape index (κ1) is 7.70. The molecule has 0 saturated heterocycles. The average molecular weight is 113 g/mol. The van der Waals surface area contributed by atoms with Crippen LogP contribution in [0.3, 0.4) is 0 Å². The zero-order chi connectivity index (χ0) is 6.41. The van der Waals surface area contributed by atoms with Gasteiger partial charge >= 0.3 is 0 Å². The first-order chi connectivity index (χ1) is 3.85. The summed E-state index contributed by atoms with van der Waals surface area (Å²) in [4.78, 5) is 0. The molecule has 0 atom stereocenters. The third-order valence-corrected chi connectivity index (χ3v) is 1.24. The van der Waals surface area contributed by atoms with Crippen LogP contribution in [0.25, 0.3) is 0 Å². The van der Waals surface area contributed by atoms with Gasteiger partial charge in [-0.05, 0) is 13.3 Å². The minimum atomic E-state index is 0.727. The highest BCUT2D eigenvalue weighted by atomic mass is 14.5. The second-order valence-corrected chi connectivity index (χ2v) is 1.90. The summed E-state index contributed by atoms with van der Waals surface area (Å²) >= 11 is 0. The number of allylic oxidation sites excluding steroid dienone is 1. The Balaban J connectivity index is 3.38. The van der Waals surface area contributed by atoms with Crippen LogP contribution in [-0.2, 0) is 0 Å². The molecule has 0 aliphatic rings. The smallest absolute Gasteiger partial charge is 0.0136 e. The van der Waals surface area contributed by atoms with Gasteiger partial charge in [-0.25, -0.2) is 0 Å². The van der Waals surface area contributed by atoms with Crippen molar-refractivity contribution in [3.63, 3.8) is 0 Å². The zero-order valence-corrected chi connectivity index (χ0v) is 5.78. The van der Waals surface area contributed by atoms with Gasteiger partial charge in [0.05, 0.1) is 0 Å². The largest absolute Gasteiger partial charge is 0.327 e. The quantitative estimate of drug-likeness (QED) is 0.554. The molecule has 0 fully saturated rings. The van der Waals surface area contributed by atoms with Gasteiger partial charge in [0.25, 0.3) is 0 Å². The zero-order valence-electron chi connectivity index (χ0n) is 5.78. The Bertz CT molecular complexity index is 74.5. The molecule has 0 aromatic heterocycles. The topological polar surface area (TPSA) is 26.0 Å². The Morgan fingerprint density at radius 1 is 1.62 bits per heavy atom. The van der Waals surface area contributed by atoms with Crippen molar-refractivity contribution >= 4 is 0 Å². The van der Waals surface area contributed by atoms with Gasteiger partial charge in [0.2, 0.25) is 0 Å². The fraction of sp³-hybridized carbons (Fsp3) is 0.714. The highest BCUT2D eigenvalue weighted by Gasteiger charge is 1.86. The summed E-state index contributed by atoms with van der Waals surface area (Å²) in [5.41, 5.74) is 6.77. The van der Waals surface area contributed by atoms with Gasteiger partial charge < -0.3 is 5.73 Å². The molecule has 0 amide bonds. The molecule has 48 valence electrons. The molecule has 1 nitrogen and oxygen atoms in total. The van der Waals surface area contributed by atoms with Crippen LogP contribution < -0.4 is 5.73 Å². The maximum atomic E-state index is 5.40. The third-order valence-electron chi connectivity index (χ3n) is 1.24. The van der Waals surface area contributed by atoms with E-state index < -0.39 is 0 Å². The van der Waals surface area contributed by atoms with E-state index in [1.807, 2.05) is 6.92 Å². The van der Waals surface area contributed by atoms with Gasteiger partial charge in [0.1, 0.15) is 0 Å². The minimum Gasteiger partial charge on any atom is -0.327 e. The fourth-order valence-corrected chi connectivity index (χ4v) is 0.685. The third kappa shape index (κ3) is 2.80. The van der Waals surface area contributed by atoms with Gasteiger partial charge in [0, 0.05) is 6.54 Å². The van der Waals surface area contributed by atoms with Crippen LogP contribution in [0, 0.1) is 0 Å². The lowest BCUT2D eigenvalue weighted by Gasteiger charge is -1.97. The molecule has 0 saturated carbocycles.